The summed E-state index contributed by atoms with van der Waals surface area (Å²) in [5.41, 5.74) is 8.51. The SMILES string of the molecule is [C-]#[N+]c1c(N)nc(SCc2cccnc2)c(C#N)c1C1CCC(O)CC1. The second-order valence-corrected chi connectivity index (χ2v) is 7.28. The Morgan fingerprint density at radius 1 is 1.38 bits per heavy atom. The monoisotopic (exact) mass is 365 g/mol. The number of nitrogens with zero attached hydrogens (tertiary/aromatic N) is 4. The molecule has 7 heteroatoms. The molecular weight excluding hydrogens is 346 g/mol. The molecule has 0 bridgehead atoms. The molecule has 1 fully saturated rings. The molecule has 3 rings (SSSR count). The zero-order valence-electron chi connectivity index (χ0n) is 14.2. The van der Waals surface area contributed by atoms with Gasteiger partial charge in [0.05, 0.1) is 18.2 Å². The van der Waals surface area contributed by atoms with Crippen LogP contribution in [0.25, 0.3) is 4.85 Å². The van der Waals surface area contributed by atoms with Crippen molar-refractivity contribution in [2.75, 3.05) is 5.73 Å². The molecule has 2 aromatic rings. The molecule has 0 atom stereocenters. The number of aromatic nitrogens is 2. The molecule has 0 radical (unpaired) electrons. The Kier molecular flexibility index (Phi) is 5.72. The van der Waals surface area contributed by atoms with Crippen LogP contribution in [0.4, 0.5) is 11.5 Å². The average molecular weight is 365 g/mol. The van der Waals surface area contributed by atoms with Crippen LogP contribution in [0.2, 0.25) is 0 Å². The van der Waals surface area contributed by atoms with Gasteiger partial charge in [-0.3, -0.25) is 4.98 Å². The molecule has 132 valence electrons. The Morgan fingerprint density at radius 2 is 2.15 bits per heavy atom. The summed E-state index contributed by atoms with van der Waals surface area (Å²) in [5.74, 6) is 0.851. The molecule has 0 amide bonds. The summed E-state index contributed by atoms with van der Waals surface area (Å²) in [5, 5.41) is 20.1. The first-order valence-electron chi connectivity index (χ1n) is 8.44. The fourth-order valence-corrected chi connectivity index (χ4v) is 4.25. The molecule has 0 saturated heterocycles. The van der Waals surface area contributed by atoms with Gasteiger partial charge in [-0.2, -0.15) is 5.26 Å². The lowest BCUT2D eigenvalue weighted by Crippen LogP contribution is -2.18. The minimum atomic E-state index is -0.299. The number of nitriles is 1. The van der Waals surface area contributed by atoms with Gasteiger partial charge in [-0.1, -0.05) is 6.07 Å². The minimum absolute atomic E-state index is 0.0557. The van der Waals surface area contributed by atoms with Crippen LogP contribution in [0.15, 0.2) is 29.6 Å². The van der Waals surface area contributed by atoms with Crippen LogP contribution >= 0.6 is 11.8 Å². The van der Waals surface area contributed by atoms with Gasteiger partial charge in [-0.25, -0.2) is 9.83 Å². The molecule has 0 unspecified atom stereocenters. The lowest BCUT2D eigenvalue weighted by atomic mass is 9.81. The second-order valence-electron chi connectivity index (χ2n) is 6.32. The highest BCUT2D eigenvalue weighted by Gasteiger charge is 2.29. The average Bonchev–Trinajstić information content (AvgIpc) is 2.67. The van der Waals surface area contributed by atoms with Crippen LogP contribution in [0.3, 0.4) is 0 Å². The summed E-state index contributed by atoms with van der Waals surface area (Å²) >= 11 is 1.43. The molecule has 0 spiro atoms. The Morgan fingerprint density at radius 3 is 2.77 bits per heavy atom. The maximum Gasteiger partial charge on any atom is 0.232 e. The zero-order chi connectivity index (χ0) is 18.5. The van der Waals surface area contributed by atoms with Gasteiger partial charge >= 0.3 is 0 Å². The van der Waals surface area contributed by atoms with Crippen molar-refractivity contribution in [1.29, 1.82) is 5.26 Å². The van der Waals surface area contributed by atoms with Gasteiger partial charge in [-0.15, -0.1) is 11.8 Å². The summed E-state index contributed by atoms with van der Waals surface area (Å²) in [6.45, 7) is 7.49. The number of thioether (sulfide) groups is 1. The molecule has 0 aliphatic heterocycles. The Hall–Kier alpha value is -2.61. The summed E-state index contributed by atoms with van der Waals surface area (Å²) in [6, 6.07) is 6.08. The topological polar surface area (TPSA) is 100 Å². The van der Waals surface area contributed by atoms with Gasteiger partial charge in [0.1, 0.15) is 16.9 Å². The van der Waals surface area contributed by atoms with E-state index in [0.717, 1.165) is 18.4 Å². The lowest BCUT2D eigenvalue weighted by Gasteiger charge is -2.28. The third-order valence-electron chi connectivity index (χ3n) is 4.63. The van der Waals surface area contributed by atoms with Crippen molar-refractivity contribution in [2.24, 2.45) is 0 Å². The zero-order valence-corrected chi connectivity index (χ0v) is 15.0. The maximum atomic E-state index is 9.78. The van der Waals surface area contributed by atoms with E-state index in [-0.39, 0.29) is 23.5 Å². The van der Waals surface area contributed by atoms with Crippen LogP contribution in [0.5, 0.6) is 0 Å². The normalized spacial score (nSPS) is 19.5. The molecule has 1 saturated carbocycles. The number of hydrogen-bond donors (Lipinski definition) is 2. The second kappa shape index (κ2) is 8.18. The fourth-order valence-electron chi connectivity index (χ4n) is 3.32. The lowest BCUT2D eigenvalue weighted by molar-refractivity contribution is 0.122. The predicted molar refractivity (Wildman–Crippen MR) is 101 cm³/mol. The van der Waals surface area contributed by atoms with Gasteiger partial charge in [0, 0.05) is 18.1 Å². The summed E-state index contributed by atoms with van der Waals surface area (Å²) in [6.07, 6.45) is 6.03. The van der Waals surface area contributed by atoms with E-state index in [1.807, 2.05) is 12.1 Å². The molecular formula is C19H19N5OS. The van der Waals surface area contributed by atoms with Crippen LogP contribution in [0.1, 0.15) is 48.3 Å². The third-order valence-corrected chi connectivity index (χ3v) is 5.68. The van der Waals surface area contributed by atoms with Crippen molar-refractivity contribution in [3.05, 3.63) is 52.6 Å². The number of rotatable bonds is 4. The Bertz CT molecular complexity index is 864. The number of hydrogen-bond acceptors (Lipinski definition) is 6. The van der Waals surface area contributed by atoms with E-state index >= 15 is 0 Å². The van der Waals surface area contributed by atoms with Crippen LogP contribution in [-0.2, 0) is 5.75 Å². The van der Waals surface area contributed by atoms with Crippen LogP contribution in [-0.4, -0.2) is 21.2 Å². The van der Waals surface area contributed by atoms with Gasteiger partial charge in [0.25, 0.3) is 0 Å². The van der Waals surface area contributed by atoms with Crippen molar-refractivity contribution in [1.82, 2.24) is 9.97 Å². The predicted octanol–water partition coefficient (Wildman–Crippen LogP) is 3.79. The van der Waals surface area contributed by atoms with Crippen molar-refractivity contribution >= 4 is 23.3 Å². The summed E-state index contributed by atoms with van der Waals surface area (Å²) in [7, 11) is 0. The van der Waals surface area contributed by atoms with Crippen LogP contribution < -0.4 is 5.73 Å². The van der Waals surface area contributed by atoms with E-state index < -0.39 is 0 Å². The number of aliphatic hydroxyl groups excluding tert-OH is 1. The van der Waals surface area contributed by atoms with E-state index in [1.165, 1.54) is 11.8 Å². The van der Waals surface area contributed by atoms with E-state index in [0.29, 0.717) is 34.7 Å². The molecule has 1 aliphatic rings. The molecule has 1 aliphatic carbocycles. The van der Waals surface area contributed by atoms with Gasteiger partial charge < -0.3 is 10.8 Å². The van der Waals surface area contributed by atoms with Crippen LogP contribution in [0, 0.1) is 17.9 Å². The molecule has 0 aromatic carbocycles. The highest BCUT2D eigenvalue weighted by Crippen LogP contribution is 2.44. The van der Waals surface area contributed by atoms with E-state index in [1.54, 1.807) is 12.4 Å². The van der Waals surface area contributed by atoms with E-state index in [2.05, 4.69) is 20.9 Å². The standard InChI is InChI=1S/C19H19N5OS/c1-22-17-16(13-4-6-14(25)7-5-13)15(9-20)19(24-18(17)21)26-11-12-3-2-8-23-10-12/h2-3,8,10,13-14,25H,4-7,11H2,(H2,21,24). The number of anilines is 1. The number of nitrogen functional groups attached to an aromatic ring is 1. The Balaban J connectivity index is 1.98. The first-order valence-corrected chi connectivity index (χ1v) is 9.43. The quantitative estimate of drug-likeness (QED) is 0.631. The van der Waals surface area contributed by atoms with Gasteiger partial charge in [0.15, 0.2) is 0 Å². The highest BCUT2D eigenvalue weighted by molar-refractivity contribution is 7.98. The van der Waals surface area contributed by atoms with Crippen molar-refractivity contribution in [3.8, 4) is 6.07 Å². The highest BCUT2D eigenvalue weighted by atomic mass is 32.2. The number of nitrogens with two attached hydrogens (primary N) is 1. The largest absolute Gasteiger partial charge is 0.393 e. The fraction of sp³-hybridized carbons (Fsp3) is 0.368. The maximum absolute atomic E-state index is 9.78. The van der Waals surface area contributed by atoms with E-state index in [4.69, 9.17) is 12.3 Å². The van der Waals surface area contributed by atoms with Crippen molar-refractivity contribution in [3.63, 3.8) is 0 Å². The minimum Gasteiger partial charge on any atom is -0.393 e. The molecule has 2 aromatic heterocycles. The smallest absolute Gasteiger partial charge is 0.232 e. The molecule has 3 N–H and O–H groups in total. The van der Waals surface area contributed by atoms with Gasteiger partial charge in [0.2, 0.25) is 5.69 Å². The first kappa shape index (κ1) is 18.2. The first-order chi connectivity index (χ1) is 12.6. The number of aliphatic hydroxyl groups is 1. The van der Waals surface area contributed by atoms with Crippen molar-refractivity contribution < 1.29 is 5.11 Å². The number of pyridine rings is 2. The molecule has 26 heavy (non-hydrogen) atoms. The van der Waals surface area contributed by atoms with Crippen molar-refractivity contribution in [2.45, 2.75) is 48.5 Å². The summed E-state index contributed by atoms with van der Waals surface area (Å²) < 4.78 is 0. The van der Waals surface area contributed by atoms with Gasteiger partial charge in [-0.05, 0) is 48.8 Å². The molecule has 6 nitrogen and oxygen atoms in total. The summed E-state index contributed by atoms with van der Waals surface area (Å²) in [4.78, 5) is 12.0. The molecule has 2 heterocycles. The third kappa shape index (κ3) is 3.80. The van der Waals surface area contributed by atoms with E-state index in [9.17, 15) is 10.4 Å². The Labute approximate surface area is 156 Å².